The molecule has 116 valence electrons. The number of aromatic nitrogens is 2. The number of amides is 1. The average Bonchev–Trinajstić information content (AvgIpc) is 2.87. The van der Waals surface area contributed by atoms with Gasteiger partial charge in [-0.1, -0.05) is 26.7 Å². The fraction of sp³-hybridized carbons (Fsp3) is 0.667. The van der Waals surface area contributed by atoms with Crippen LogP contribution in [0, 0.1) is 11.3 Å². The van der Waals surface area contributed by atoms with E-state index in [-0.39, 0.29) is 22.9 Å². The molecule has 6 nitrogen and oxygen atoms in total. The van der Waals surface area contributed by atoms with E-state index in [2.05, 4.69) is 24.1 Å². The predicted octanol–water partition coefficient (Wildman–Crippen LogP) is 1.91. The van der Waals surface area contributed by atoms with Crippen molar-refractivity contribution in [1.82, 2.24) is 14.9 Å². The molecule has 2 rings (SSSR count). The highest BCUT2D eigenvalue weighted by atomic mass is 16.4. The summed E-state index contributed by atoms with van der Waals surface area (Å²) in [6.07, 6.45) is 7.30. The summed E-state index contributed by atoms with van der Waals surface area (Å²) in [5, 5.41) is 11.8. The zero-order valence-corrected chi connectivity index (χ0v) is 12.6. The van der Waals surface area contributed by atoms with Gasteiger partial charge in [0.25, 0.3) is 0 Å². The second kappa shape index (κ2) is 6.28. The van der Waals surface area contributed by atoms with Crippen molar-refractivity contribution in [3.8, 4) is 0 Å². The molecule has 1 amide bonds. The number of nitrogens with one attached hydrogen (secondary N) is 1. The third kappa shape index (κ3) is 3.83. The molecule has 0 aromatic carbocycles. The Kier molecular flexibility index (Phi) is 4.65. The summed E-state index contributed by atoms with van der Waals surface area (Å²) in [5.74, 6) is -0.858. The highest BCUT2D eigenvalue weighted by molar-refractivity contribution is 5.84. The Labute approximate surface area is 124 Å². The lowest BCUT2D eigenvalue weighted by molar-refractivity contribution is -0.130. The number of hydrogen-bond donors (Lipinski definition) is 2. The molecule has 21 heavy (non-hydrogen) atoms. The van der Waals surface area contributed by atoms with E-state index in [0.29, 0.717) is 13.1 Å². The minimum atomic E-state index is -1.04. The van der Waals surface area contributed by atoms with Gasteiger partial charge in [-0.15, -0.1) is 0 Å². The van der Waals surface area contributed by atoms with Crippen LogP contribution in [0.15, 0.2) is 12.5 Å². The first-order valence-corrected chi connectivity index (χ1v) is 7.43. The van der Waals surface area contributed by atoms with Crippen molar-refractivity contribution in [3.63, 3.8) is 0 Å². The van der Waals surface area contributed by atoms with Crippen LogP contribution in [-0.2, 0) is 11.3 Å². The van der Waals surface area contributed by atoms with Gasteiger partial charge in [0, 0.05) is 25.2 Å². The molecule has 0 spiro atoms. The third-order valence-electron chi connectivity index (χ3n) is 4.35. The lowest BCUT2D eigenvalue weighted by atomic mass is 9.68. The van der Waals surface area contributed by atoms with Gasteiger partial charge in [-0.25, -0.2) is 9.78 Å². The van der Waals surface area contributed by atoms with E-state index in [1.807, 2.05) is 0 Å². The van der Waals surface area contributed by atoms with Gasteiger partial charge < -0.3 is 15.0 Å². The minimum Gasteiger partial charge on any atom is -0.476 e. The van der Waals surface area contributed by atoms with Crippen LogP contribution in [0.2, 0.25) is 0 Å². The maximum atomic E-state index is 12.3. The number of nitrogens with zero attached hydrogens (tertiary/aromatic N) is 2. The number of hydrogen-bond acceptors (Lipinski definition) is 3. The van der Waals surface area contributed by atoms with E-state index >= 15 is 0 Å². The summed E-state index contributed by atoms with van der Waals surface area (Å²) >= 11 is 0. The maximum absolute atomic E-state index is 12.3. The van der Waals surface area contributed by atoms with Gasteiger partial charge in [0.2, 0.25) is 5.91 Å². The summed E-state index contributed by atoms with van der Waals surface area (Å²) in [5.41, 5.74) is 0.0862. The number of carbonyl (C=O) groups is 2. The van der Waals surface area contributed by atoms with Crippen LogP contribution in [0.5, 0.6) is 0 Å². The normalized spacial score (nSPS) is 21.0. The number of carboxylic acids is 1. The van der Waals surface area contributed by atoms with Crippen molar-refractivity contribution in [2.24, 2.45) is 11.3 Å². The van der Waals surface area contributed by atoms with E-state index in [4.69, 9.17) is 5.11 Å². The van der Waals surface area contributed by atoms with Crippen molar-refractivity contribution in [2.45, 2.75) is 46.1 Å². The third-order valence-corrected chi connectivity index (χ3v) is 4.35. The smallest absolute Gasteiger partial charge is 0.356 e. The molecular weight excluding hydrogens is 270 g/mol. The number of carboxylic acid groups (broad SMARTS) is 1. The Bertz CT molecular complexity index is 522. The molecule has 0 saturated heterocycles. The van der Waals surface area contributed by atoms with Gasteiger partial charge >= 0.3 is 5.97 Å². The molecule has 1 unspecified atom stereocenters. The molecule has 1 heterocycles. The number of aromatic carboxylic acids is 1. The molecule has 2 N–H and O–H groups in total. The summed E-state index contributed by atoms with van der Waals surface area (Å²) < 4.78 is 1.68. The van der Waals surface area contributed by atoms with E-state index in [1.165, 1.54) is 18.9 Å². The Morgan fingerprint density at radius 3 is 2.86 bits per heavy atom. The van der Waals surface area contributed by atoms with Gasteiger partial charge in [0.05, 0.1) is 6.33 Å². The quantitative estimate of drug-likeness (QED) is 0.868. The number of rotatable bonds is 5. The van der Waals surface area contributed by atoms with Gasteiger partial charge in [-0.2, -0.15) is 0 Å². The highest BCUT2D eigenvalue weighted by Crippen LogP contribution is 2.40. The molecule has 0 bridgehead atoms. The van der Waals surface area contributed by atoms with Crippen LogP contribution in [0.1, 0.15) is 50.0 Å². The van der Waals surface area contributed by atoms with Crippen LogP contribution < -0.4 is 5.32 Å². The van der Waals surface area contributed by atoms with Crippen molar-refractivity contribution < 1.29 is 14.7 Å². The molecule has 1 aromatic heterocycles. The maximum Gasteiger partial charge on any atom is 0.356 e. The molecule has 0 aliphatic heterocycles. The largest absolute Gasteiger partial charge is 0.476 e. The van der Waals surface area contributed by atoms with Crippen LogP contribution >= 0.6 is 0 Å². The Hall–Kier alpha value is -1.85. The van der Waals surface area contributed by atoms with Crippen LogP contribution in [0.25, 0.3) is 0 Å². The average molecular weight is 293 g/mol. The van der Waals surface area contributed by atoms with E-state index in [0.717, 1.165) is 19.3 Å². The SMILES string of the molecule is CC1(C)CCCCC1C(=O)NCCn1cnc(C(=O)O)c1. The lowest BCUT2D eigenvalue weighted by Gasteiger charge is -2.37. The first kappa shape index (κ1) is 15.5. The number of imidazole rings is 1. The Morgan fingerprint density at radius 1 is 1.48 bits per heavy atom. The van der Waals surface area contributed by atoms with Crippen molar-refractivity contribution in [3.05, 3.63) is 18.2 Å². The molecule has 1 atom stereocenters. The fourth-order valence-corrected chi connectivity index (χ4v) is 3.00. The highest BCUT2D eigenvalue weighted by Gasteiger charge is 2.36. The Balaban J connectivity index is 1.82. The van der Waals surface area contributed by atoms with E-state index in [1.54, 1.807) is 4.57 Å². The lowest BCUT2D eigenvalue weighted by Crippen LogP contribution is -2.41. The molecular formula is C15H23N3O3. The topological polar surface area (TPSA) is 84.2 Å². The monoisotopic (exact) mass is 293 g/mol. The van der Waals surface area contributed by atoms with Crippen molar-refractivity contribution in [2.75, 3.05) is 6.54 Å². The fourth-order valence-electron chi connectivity index (χ4n) is 3.00. The van der Waals surface area contributed by atoms with Crippen LogP contribution in [-0.4, -0.2) is 33.1 Å². The van der Waals surface area contributed by atoms with Crippen LogP contribution in [0.3, 0.4) is 0 Å². The molecule has 1 saturated carbocycles. The second-order valence-corrected chi connectivity index (χ2v) is 6.38. The van der Waals surface area contributed by atoms with E-state index < -0.39 is 5.97 Å². The zero-order valence-electron chi connectivity index (χ0n) is 12.6. The zero-order chi connectivity index (χ0) is 15.5. The first-order chi connectivity index (χ1) is 9.90. The molecule has 1 aliphatic rings. The molecule has 0 radical (unpaired) electrons. The van der Waals surface area contributed by atoms with Crippen molar-refractivity contribution >= 4 is 11.9 Å². The summed E-state index contributed by atoms with van der Waals surface area (Å²) in [4.78, 5) is 26.8. The summed E-state index contributed by atoms with van der Waals surface area (Å²) in [6, 6.07) is 0. The molecule has 1 aromatic rings. The van der Waals surface area contributed by atoms with Crippen molar-refractivity contribution in [1.29, 1.82) is 0 Å². The number of carbonyl (C=O) groups excluding carboxylic acids is 1. The van der Waals surface area contributed by atoms with E-state index in [9.17, 15) is 9.59 Å². The molecule has 1 aliphatic carbocycles. The Morgan fingerprint density at radius 2 is 2.24 bits per heavy atom. The predicted molar refractivity (Wildman–Crippen MR) is 77.9 cm³/mol. The molecule has 6 heteroatoms. The summed E-state index contributed by atoms with van der Waals surface area (Å²) in [6.45, 7) is 5.33. The summed E-state index contributed by atoms with van der Waals surface area (Å²) in [7, 11) is 0. The van der Waals surface area contributed by atoms with Gasteiger partial charge in [0.1, 0.15) is 0 Å². The standard InChI is InChI=1S/C15H23N3O3/c1-15(2)6-4-3-5-11(15)13(19)16-7-8-18-9-12(14(20)21)17-10-18/h9-11H,3-8H2,1-2H3,(H,16,19)(H,20,21). The van der Waals surface area contributed by atoms with Gasteiger partial charge in [0.15, 0.2) is 5.69 Å². The first-order valence-electron chi connectivity index (χ1n) is 7.43. The van der Waals surface area contributed by atoms with Crippen LogP contribution in [0.4, 0.5) is 0 Å². The van der Waals surface area contributed by atoms with Gasteiger partial charge in [-0.05, 0) is 18.3 Å². The second-order valence-electron chi connectivity index (χ2n) is 6.38. The molecule has 1 fully saturated rings. The van der Waals surface area contributed by atoms with Gasteiger partial charge in [-0.3, -0.25) is 4.79 Å². The minimum absolute atomic E-state index is 0.0229.